The van der Waals surface area contributed by atoms with Crippen molar-refractivity contribution in [3.05, 3.63) is 60.2 Å². The van der Waals surface area contributed by atoms with E-state index in [0.717, 1.165) is 0 Å². The number of halogens is 2. The molecule has 0 aliphatic heterocycles. The maximum Gasteiger partial charge on any atom is 0.265 e. The van der Waals surface area contributed by atoms with Gasteiger partial charge in [-0.2, -0.15) is 0 Å². The van der Waals surface area contributed by atoms with Crippen LogP contribution < -0.4 is 10.1 Å². The molecule has 2 rings (SSSR count). The molecule has 2 aromatic carbocycles. The Morgan fingerprint density at radius 1 is 1.10 bits per heavy atom. The van der Waals surface area contributed by atoms with E-state index in [9.17, 15) is 13.6 Å². The molecule has 0 aliphatic carbocycles. The van der Waals surface area contributed by atoms with Crippen LogP contribution in [-0.4, -0.2) is 12.0 Å². The average Bonchev–Trinajstić information content (AvgIpc) is 2.48. The van der Waals surface area contributed by atoms with Crippen LogP contribution in [0.3, 0.4) is 0 Å². The number of anilines is 1. The van der Waals surface area contributed by atoms with E-state index in [2.05, 4.69) is 5.32 Å². The normalized spacial score (nSPS) is 11.8. The summed E-state index contributed by atoms with van der Waals surface area (Å²) in [6.45, 7) is 1.73. The van der Waals surface area contributed by atoms with Crippen LogP contribution in [0, 0.1) is 11.6 Å². The van der Waals surface area contributed by atoms with Gasteiger partial charge in [-0.3, -0.25) is 4.79 Å². The van der Waals surface area contributed by atoms with Gasteiger partial charge in [0.25, 0.3) is 5.91 Å². The molecule has 1 N–H and O–H groups in total. The molecular weight excluding hydrogens is 276 g/mol. The molecule has 0 spiro atoms. The van der Waals surface area contributed by atoms with Crippen molar-refractivity contribution in [2.45, 2.75) is 19.4 Å². The molecule has 21 heavy (non-hydrogen) atoms. The maximum atomic E-state index is 13.5. The third-order valence-electron chi connectivity index (χ3n) is 2.90. The Morgan fingerprint density at radius 3 is 2.33 bits per heavy atom. The number of carbonyl (C=O) groups excluding carboxylic acids is 1. The van der Waals surface area contributed by atoms with Crippen LogP contribution in [0.2, 0.25) is 0 Å². The van der Waals surface area contributed by atoms with Crippen molar-refractivity contribution in [1.82, 2.24) is 0 Å². The van der Waals surface area contributed by atoms with Gasteiger partial charge in [0, 0.05) is 0 Å². The lowest BCUT2D eigenvalue weighted by Crippen LogP contribution is -2.32. The van der Waals surface area contributed by atoms with Gasteiger partial charge < -0.3 is 10.1 Å². The number of ether oxygens (including phenoxy) is 1. The fourth-order valence-electron chi connectivity index (χ4n) is 1.79. The molecule has 3 nitrogen and oxygen atoms in total. The second-order valence-corrected chi connectivity index (χ2v) is 4.41. The van der Waals surface area contributed by atoms with Gasteiger partial charge in [0.15, 0.2) is 17.7 Å². The molecule has 0 heterocycles. The van der Waals surface area contributed by atoms with E-state index in [-0.39, 0.29) is 11.4 Å². The number of amides is 1. The van der Waals surface area contributed by atoms with Crippen LogP contribution in [0.1, 0.15) is 13.3 Å². The van der Waals surface area contributed by atoms with Gasteiger partial charge >= 0.3 is 0 Å². The highest BCUT2D eigenvalue weighted by atomic mass is 19.1. The minimum Gasteiger partial charge on any atom is -0.478 e. The number of hydrogen-bond donors (Lipinski definition) is 1. The van der Waals surface area contributed by atoms with Gasteiger partial charge in [-0.05, 0) is 30.7 Å². The van der Waals surface area contributed by atoms with Crippen molar-refractivity contribution in [2.24, 2.45) is 0 Å². The third kappa shape index (κ3) is 3.78. The third-order valence-corrected chi connectivity index (χ3v) is 2.90. The molecule has 2 aromatic rings. The average molecular weight is 291 g/mol. The standard InChI is InChI=1S/C16H15F2NO2/c1-2-14(21-15-10-6-4-8-12(15)18)16(20)19-13-9-5-3-7-11(13)17/h3-10,14H,2H2,1H3,(H,19,20)/t14-/m1/s1. The van der Waals surface area contributed by atoms with Crippen molar-refractivity contribution < 1.29 is 18.3 Å². The van der Waals surface area contributed by atoms with Crippen molar-refractivity contribution in [1.29, 1.82) is 0 Å². The summed E-state index contributed by atoms with van der Waals surface area (Å²) in [7, 11) is 0. The second kappa shape index (κ2) is 6.83. The van der Waals surface area contributed by atoms with Gasteiger partial charge in [0.2, 0.25) is 0 Å². The SMILES string of the molecule is CC[C@@H](Oc1ccccc1F)C(=O)Nc1ccccc1F. The van der Waals surface area contributed by atoms with Crippen LogP contribution in [0.5, 0.6) is 5.75 Å². The smallest absolute Gasteiger partial charge is 0.265 e. The molecule has 0 saturated heterocycles. The first-order valence-electron chi connectivity index (χ1n) is 6.58. The number of para-hydroxylation sites is 2. The topological polar surface area (TPSA) is 38.3 Å². The fourth-order valence-corrected chi connectivity index (χ4v) is 1.79. The molecule has 0 unspecified atom stereocenters. The van der Waals surface area contributed by atoms with E-state index in [4.69, 9.17) is 4.74 Å². The molecule has 0 radical (unpaired) electrons. The Morgan fingerprint density at radius 2 is 1.71 bits per heavy atom. The molecular formula is C16H15F2NO2. The second-order valence-electron chi connectivity index (χ2n) is 4.41. The molecule has 0 aliphatic rings. The Kier molecular flexibility index (Phi) is 4.87. The minimum absolute atomic E-state index is 0.00645. The molecule has 0 saturated carbocycles. The highest BCUT2D eigenvalue weighted by molar-refractivity contribution is 5.94. The summed E-state index contributed by atoms with van der Waals surface area (Å²) < 4.78 is 32.4. The lowest BCUT2D eigenvalue weighted by atomic mass is 10.2. The zero-order valence-electron chi connectivity index (χ0n) is 11.5. The first kappa shape index (κ1) is 15.0. The lowest BCUT2D eigenvalue weighted by molar-refractivity contribution is -0.122. The van der Waals surface area contributed by atoms with E-state index in [1.165, 1.54) is 36.4 Å². The summed E-state index contributed by atoms with van der Waals surface area (Å²) >= 11 is 0. The predicted molar refractivity (Wildman–Crippen MR) is 76.1 cm³/mol. The van der Waals surface area contributed by atoms with Crippen LogP contribution in [0.25, 0.3) is 0 Å². The number of carbonyl (C=O) groups is 1. The predicted octanol–water partition coefficient (Wildman–Crippen LogP) is 3.76. The molecule has 0 bridgehead atoms. The summed E-state index contributed by atoms with van der Waals surface area (Å²) in [5, 5.41) is 2.44. The van der Waals surface area contributed by atoms with E-state index >= 15 is 0 Å². The van der Waals surface area contributed by atoms with Crippen molar-refractivity contribution in [2.75, 3.05) is 5.32 Å². The van der Waals surface area contributed by atoms with Crippen LogP contribution >= 0.6 is 0 Å². The molecule has 1 amide bonds. The Hall–Kier alpha value is -2.43. The van der Waals surface area contributed by atoms with Crippen LogP contribution in [-0.2, 0) is 4.79 Å². The summed E-state index contributed by atoms with van der Waals surface area (Å²) in [5.41, 5.74) is 0.0677. The van der Waals surface area contributed by atoms with Crippen LogP contribution in [0.15, 0.2) is 48.5 Å². The number of rotatable bonds is 5. The quantitative estimate of drug-likeness (QED) is 0.911. The zero-order valence-corrected chi connectivity index (χ0v) is 11.5. The summed E-state index contributed by atoms with van der Waals surface area (Å²) in [6.07, 6.45) is -0.573. The number of nitrogens with one attached hydrogen (secondary N) is 1. The van der Waals surface area contributed by atoms with Crippen molar-refractivity contribution >= 4 is 11.6 Å². The first-order valence-corrected chi connectivity index (χ1v) is 6.58. The van der Waals surface area contributed by atoms with Gasteiger partial charge in [-0.15, -0.1) is 0 Å². The van der Waals surface area contributed by atoms with Gasteiger partial charge in [0.05, 0.1) is 5.69 Å². The van der Waals surface area contributed by atoms with Crippen molar-refractivity contribution in [3.8, 4) is 5.75 Å². The highest BCUT2D eigenvalue weighted by Gasteiger charge is 2.20. The maximum absolute atomic E-state index is 13.5. The molecule has 0 aromatic heterocycles. The zero-order chi connectivity index (χ0) is 15.2. The summed E-state index contributed by atoms with van der Waals surface area (Å²) in [4.78, 5) is 12.1. The monoisotopic (exact) mass is 291 g/mol. The lowest BCUT2D eigenvalue weighted by Gasteiger charge is -2.17. The Balaban J connectivity index is 2.09. The van der Waals surface area contributed by atoms with E-state index in [1.807, 2.05) is 0 Å². The summed E-state index contributed by atoms with van der Waals surface area (Å²) in [6, 6.07) is 11.7. The Bertz CT molecular complexity index is 631. The largest absolute Gasteiger partial charge is 0.478 e. The minimum atomic E-state index is -0.901. The number of hydrogen-bond acceptors (Lipinski definition) is 2. The van der Waals surface area contributed by atoms with Gasteiger partial charge in [-0.1, -0.05) is 31.2 Å². The van der Waals surface area contributed by atoms with Crippen molar-refractivity contribution in [3.63, 3.8) is 0 Å². The first-order chi connectivity index (χ1) is 10.1. The fraction of sp³-hybridized carbons (Fsp3) is 0.188. The van der Waals surface area contributed by atoms with Crippen LogP contribution in [0.4, 0.5) is 14.5 Å². The highest BCUT2D eigenvalue weighted by Crippen LogP contribution is 2.19. The van der Waals surface area contributed by atoms with E-state index < -0.39 is 23.6 Å². The summed E-state index contributed by atoms with van der Waals surface area (Å²) in [5.74, 6) is -1.61. The van der Waals surface area contributed by atoms with Gasteiger partial charge in [0.1, 0.15) is 5.82 Å². The van der Waals surface area contributed by atoms with E-state index in [1.54, 1.807) is 19.1 Å². The molecule has 5 heteroatoms. The molecule has 1 atom stereocenters. The molecule has 0 fully saturated rings. The Labute approximate surface area is 121 Å². The molecule has 110 valence electrons. The van der Waals surface area contributed by atoms with Gasteiger partial charge in [-0.25, -0.2) is 8.78 Å². The van der Waals surface area contributed by atoms with E-state index in [0.29, 0.717) is 6.42 Å². The number of benzene rings is 2.